The number of aliphatic carboxylic acids is 1. The lowest BCUT2D eigenvalue weighted by molar-refractivity contribution is -0.131. The van der Waals surface area contributed by atoms with E-state index in [0.717, 1.165) is 11.6 Å². The first kappa shape index (κ1) is 14.9. The van der Waals surface area contributed by atoms with Crippen LogP contribution in [0.3, 0.4) is 0 Å². The third-order valence-corrected chi connectivity index (χ3v) is 2.86. The number of carbonyl (C=O) groups is 1. The number of carboxylic acid groups (broad SMARTS) is 1. The first-order valence-electron chi connectivity index (χ1n) is 5.84. The van der Waals surface area contributed by atoms with Crippen LogP contribution in [0.5, 0.6) is 17.2 Å². The number of hydrogen-bond donors (Lipinski definition) is 2. The molecule has 0 amide bonds. The number of rotatable bonds is 5. The Balaban J connectivity index is 3.55. The molecular weight excluding hydrogens is 248 g/mol. The van der Waals surface area contributed by atoms with E-state index in [4.69, 9.17) is 14.6 Å². The molecular formula is C14H18O5. The summed E-state index contributed by atoms with van der Waals surface area (Å²) in [5, 5.41) is 19.0. The lowest BCUT2D eigenvalue weighted by Gasteiger charge is -2.16. The van der Waals surface area contributed by atoms with Gasteiger partial charge in [-0.15, -0.1) is 0 Å². The highest BCUT2D eigenvalue weighted by molar-refractivity contribution is 5.91. The Morgan fingerprint density at radius 3 is 2.42 bits per heavy atom. The molecule has 0 saturated heterocycles. The van der Waals surface area contributed by atoms with Gasteiger partial charge in [-0.2, -0.15) is 0 Å². The molecule has 1 rings (SSSR count). The van der Waals surface area contributed by atoms with Gasteiger partial charge in [0.2, 0.25) is 0 Å². The molecule has 0 fully saturated rings. The molecule has 5 nitrogen and oxygen atoms in total. The highest BCUT2D eigenvalue weighted by atomic mass is 16.5. The van der Waals surface area contributed by atoms with Gasteiger partial charge in [0, 0.05) is 17.2 Å². The van der Waals surface area contributed by atoms with E-state index in [-0.39, 0.29) is 5.75 Å². The zero-order valence-corrected chi connectivity index (χ0v) is 11.5. The number of ether oxygens (including phenoxy) is 2. The molecule has 0 aromatic heterocycles. The molecule has 1 aromatic rings. The van der Waals surface area contributed by atoms with Crippen molar-refractivity contribution in [2.24, 2.45) is 0 Å². The van der Waals surface area contributed by atoms with E-state index >= 15 is 0 Å². The van der Waals surface area contributed by atoms with Crippen LogP contribution in [0.15, 0.2) is 12.1 Å². The summed E-state index contributed by atoms with van der Waals surface area (Å²) in [5.74, 6) is -0.273. The molecule has 1 aromatic carbocycles. The van der Waals surface area contributed by atoms with Crippen molar-refractivity contribution in [2.75, 3.05) is 14.2 Å². The molecule has 0 aliphatic heterocycles. The van der Waals surface area contributed by atoms with Crippen LogP contribution in [0, 0.1) is 0 Å². The lowest BCUT2D eigenvalue weighted by Crippen LogP contribution is -1.99. The predicted molar refractivity (Wildman–Crippen MR) is 71.9 cm³/mol. The van der Waals surface area contributed by atoms with Crippen molar-refractivity contribution in [3.05, 3.63) is 23.3 Å². The van der Waals surface area contributed by atoms with Crippen LogP contribution >= 0.6 is 0 Å². The summed E-state index contributed by atoms with van der Waals surface area (Å²) in [6, 6.07) is 1.62. The number of allylic oxidation sites excluding steroid dienone is 1. The van der Waals surface area contributed by atoms with Gasteiger partial charge in [-0.25, -0.2) is 4.79 Å². The third-order valence-electron chi connectivity index (χ3n) is 2.86. The number of methoxy groups -OCH3 is 2. The average Bonchev–Trinajstić information content (AvgIpc) is 2.36. The third kappa shape index (κ3) is 2.99. The van der Waals surface area contributed by atoms with E-state index in [9.17, 15) is 9.90 Å². The summed E-state index contributed by atoms with van der Waals surface area (Å²) in [6.07, 6.45) is 1.65. The van der Waals surface area contributed by atoms with Gasteiger partial charge in [-0.05, 0) is 25.0 Å². The molecule has 0 aliphatic rings. The summed E-state index contributed by atoms with van der Waals surface area (Å²) in [7, 11) is 2.97. The van der Waals surface area contributed by atoms with Crippen molar-refractivity contribution in [3.63, 3.8) is 0 Å². The molecule has 0 heterocycles. The molecule has 0 unspecified atom stereocenters. The Kier molecular flexibility index (Phi) is 4.80. The van der Waals surface area contributed by atoms with Crippen LogP contribution < -0.4 is 9.47 Å². The maximum atomic E-state index is 10.7. The standard InChI is InChI=1S/C14H18O5/c1-5-9-11(18-3)7-10(8(2)6-12(15)16)13(17)14(9)19-4/h6-7,17H,5H2,1-4H3,(H,15,16). The van der Waals surface area contributed by atoms with Crippen LogP contribution in [0.25, 0.3) is 5.57 Å². The zero-order valence-electron chi connectivity index (χ0n) is 11.5. The monoisotopic (exact) mass is 266 g/mol. The fourth-order valence-corrected chi connectivity index (χ4v) is 1.96. The topological polar surface area (TPSA) is 76.0 Å². The van der Waals surface area contributed by atoms with Gasteiger partial charge < -0.3 is 19.7 Å². The lowest BCUT2D eigenvalue weighted by atomic mass is 10.00. The Morgan fingerprint density at radius 1 is 1.37 bits per heavy atom. The maximum Gasteiger partial charge on any atom is 0.328 e. The summed E-state index contributed by atoms with van der Waals surface area (Å²) in [6.45, 7) is 3.52. The van der Waals surface area contributed by atoms with Crippen LogP contribution in [0.4, 0.5) is 0 Å². The van der Waals surface area contributed by atoms with Crippen molar-refractivity contribution >= 4 is 11.5 Å². The normalized spacial score (nSPS) is 11.3. The number of hydrogen-bond acceptors (Lipinski definition) is 4. The van der Waals surface area contributed by atoms with E-state index in [1.807, 2.05) is 6.92 Å². The molecule has 19 heavy (non-hydrogen) atoms. The number of carboxylic acids is 1. The summed E-state index contributed by atoms with van der Waals surface area (Å²) in [4.78, 5) is 10.7. The van der Waals surface area contributed by atoms with Gasteiger partial charge >= 0.3 is 5.97 Å². The fraction of sp³-hybridized carbons (Fsp3) is 0.357. The Bertz CT molecular complexity index is 517. The smallest absolute Gasteiger partial charge is 0.328 e. The number of phenolic OH excluding ortho intramolecular Hbond substituents is 1. The Morgan fingerprint density at radius 2 is 2.00 bits per heavy atom. The van der Waals surface area contributed by atoms with Crippen LogP contribution in [-0.2, 0) is 11.2 Å². The van der Waals surface area contributed by atoms with E-state index in [0.29, 0.717) is 29.1 Å². The van der Waals surface area contributed by atoms with Crippen molar-refractivity contribution < 1.29 is 24.5 Å². The van der Waals surface area contributed by atoms with E-state index < -0.39 is 5.97 Å². The Hall–Kier alpha value is -2.17. The van der Waals surface area contributed by atoms with Gasteiger partial charge in [0.05, 0.1) is 14.2 Å². The van der Waals surface area contributed by atoms with Crippen molar-refractivity contribution in [1.29, 1.82) is 0 Å². The first-order chi connectivity index (χ1) is 8.96. The fourth-order valence-electron chi connectivity index (χ4n) is 1.96. The molecule has 5 heteroatoms. The first-order valence-corrected chi connectivity index (χ1v) is 5.84. The Labute approximate surface area is 112 Å². The minimum atomic E-state index is -1.07. The van der Waals surface area contributed by atoms with Gasteiger partial charge in [0.25, 0.3) is 0 Å². The number of phenols is 1. The van der Waals surface area contributed by atoms with Crippen LogP contribution in [0.1, 0.15) is 25.0 Å². The summed E-state index contributed by atoms with van der Waals surface area (Å²) < 4.78 is 10.5. The number of aromatic hydroxyl groups is 1. The molecule has 0 aliphatic carbocycles. The second-order valence-electron chi connectivity index (χ2n) is 4.01. The van der Waals surface area contributed by atoms with Crippen molar-refractivity contribution in [1.82, 2.24) is 0 Å². The zero-order chi connectivity index (χ0) is 14.6. The second-order valence-corrected chi connectivity index (χ2v) is 4.01. The summed E-state index contributed by atoms with van der Waals surface area (Å²) in [5.41, 5.74) is 1.55. The van der Waals surface area contributed by atoms with Crippen LogP contribution in [0.2, 0.25) is 0 Å². The highest BCUT2D eigenvalue weighted by Gasteiger charge is 2.19. The van der Waals surface area contributed by atoms with E-state index in [1.165, 1.54) is 14.2 Å². The van der Waals surface area contributed by atoms with E-state index in [2.05, 4.69) is 0 Å². The molecule has 104 valence electrons. The van der Waals surface area contributed by atoms with Crippen molar-refractivity contribution in [2.45, 2.75) is 20.3 Å². The van der Waals surface area contributed by atoms with Gasteiger partial charge in [-0.3, -0.25) is 0 Å². The van der Waals surface area contributed by atoms with Crippen molar-refractivity contribution in [3.8, 4) is 17.2 Å². The highest BCUT2D eigenvalue weighted by Crippen LogP contribution is 2.42. The molecule has 0 atom stereocenters. The summed E-state index contributed by atoms with van der Waals surface area (Å²) >= 11 is 0. The average molecular weight is 266 g/mol. The molecule has 2 N–H and O–H groups in total. The van der Waals surface area contributed by atoms with Crippen LogP contribution in [-0.4, -0.2) is 30.4 Å². The molecule has 0 spiro atoms. The largest absolute Gasteiger partial charge is 0.504 e. The second kappa shape index (κ2) is 6.13. The number of benzene rings is 1. The minimum Gasteiger partial charge on any atom is -0.504 e. The minimum absolute atomic E-state index is 0.0739. The maximum absolute atomic E-state index is 10.7. The van der Waals surface area contributed by atoms with Gasteiger partial charge in [0.15, 0.2) is 11.5 Å². The molecule has 0 saturated carbocycles. The predicted octanol–water partition coefficient (Wildman–Crippen LogP) is 2.46. The van der Waals surface area contributed by atoms with Gasteiger partial charge in [0.1, 0.15) is 5.75 Å². The molecule has 0 radical (unpaired) electrons. The van der Waals surface area contributed by atoms with E-state index in [1.54, 1.807) is 13.0 Å². The SMILES string of the molecule is CCc1c(OC)cc(C(C)=CC(=O)O)c(O)c1OC. The molecule has 0 bridgehead atoms. The quantitative estimate of drug-likeness (QED) is 0.801. The van der Waals surface area contributed by atoms with Gasteiger partial charge in [-0.1, -0.05) is 6.92 Å².